The first-order valence-electron chi connectivity index (χ1n) is 8.14. The fourth-order valence-corrected chi connectivity index (χ4v) is 3.72. The van der Waals surface area contributed by atoms with E-state index in [2.05, 4.69) is 15.9 Å². The monoisotopic (exact) mass is 397 g/mol. The molecule has 6 heteroatoms. The van der Waals surface area contributed by atoms with E-state index >= 15 is 0 Å². The fraction of sp³-hybridized carbons (Fsp3) is 0.556. The van der Waals surface area contributed by atoms with Crippen LogP contribution in [0.4, 0.5) is 9.18 Å². The number of carbonyl (C=O) groups excluding carboxylic acids is 2. The summed E-state index contributed by atoms with van der Waals surface area (Å²) in [6.45, 7) is 5.41. The van der Waals surface area contributed by atoms with Gasteiger partial charge in [-0.2, -0.15) is 0 Å². The summed E-state index contributed by atoms with van der Waals surface area (Å²) < 4.78 is 19.9. The molecule has 1 saturated heterocycles. The summed E-state index contributed by atoms with van der Waals surface area (Å²) >= 11 is 3.13. The first-order chi connectivity index (χ1) is 11.2. The zero-order chi connectivity index (χ0) is 17.6. The van der Waals surface area contributed by atoms with Gasteiger partial charge in [-0.1, -0.05) is 12.1 Å². The Kier molecular flexibility index (Phi) is 4.45. The van der Waals surface area contributed by atoms with E-state index in [1.807, 2.05) is 0 Å². The number of ketones is 1. The number of amides is 1. The number of ether oxygens (including phenoxy) is 1. The zero-order valence-electron chi connectivity index (χ0n) is 14.0. The first kappa shape index (κ1) is 17.4. The van der Waals surface area contributed by atoms with Crippen molar-refractivity contribution in [2.24, 2.45) is 5.92 Å². The number of Topliss-reactive ketones (excluding diaryl/α,β-unsaturated/α-hetero) is 1. The average Bonchev–Trinajstić information content (AvgIpc) is 3.12. The lowest BCUT2D eigenvalue weighted by Gasteiger charge is -2.30. The van der Waals surface area contributed by atoms with E-state index in [0.29, 0.717) is 22.4 Å². The molecule has 1 amide bonds. The van der Waals surface area contributed by atoms with Gasteiger partial charge in [0.05, 0.1) is 10.5 Å². The molecule has 3 atom stereocenters. The van der Waals surface area contributed by atoms with Crippen LogP contribution < -0.4 is 0 Å². The molecule has 3 rings (SSSR count). The standard InChI is InChI=1S/C18H21BrFNO3/c1-18(2,3)24-17(23)21-13-7-11(13)8-14(21)15(22)9-10-5-4-6-12(19)16(10)20/h4-6,11,13-14H,7-9H2,1-3H3/t11-,13-,14+/m1/s1. The van der Waals surface area contributed by atoms with E-state index in [0.717, 1.165) is 6.42 Å². The Hall–Kier alpha value is -1.43. The third kappa shape index (κ3) is 3.48. The average molecular weight is 398 g/mol. The Labute approximate surface area is 149 Å². The molecule has 2 aliphatic rings. The van der Waals surface area contributed by atoms with Gasteiger partial charge in [-0.25, -0.2) is 9.18 Å². The molecule has 130 valence electrons. The van der Waals surface area contributed by atoms with Gasteiger partial charge >= 0.3 is 6.09 Å². The summed E-state index contributed by atoms with van der Waals surface area (Å²) in [6.07, 6.45) is 1.11. The topological polar surface area (TPSA) is 46.6 Å². The first-order valence-corrected chi connectivity index (χ1v) is 8.93. The van der Waals surface area contributed by atoms with Gasteiger partial charge in [0.2, 0.25) is 0 Å². The number of carbonyl (C=O) groups is 2. The van der Waals surface area contributed by atoms with E-state index in [9.17, 15) is 14.0 Å². The highest BCUT2D eigenvalue weighted by molar-refractivity contribution is 9.10. The number of piperidine rings is 1. The second-order valence-electron chi connectivity index (χ2n) is 7.56. The van der Waals surface area contributed by atoms with Gasteiger partial charge < -0.3 is 4.74 Å². The van der Waals surface area contributed by atoms with Crippen molar-refractivity contribution in [3.05, 3.63) is 34.1 Å². The van der Waals surface area contributed by atoms with Crippen molar-refractivity contribution in [3.8, 4) is 0 Å². The van der Waals surface area contributed by atoms with Gasteiger partial charge in [0.15, 0.2) is 5.78 Å². The van der Waals surface area contributed by atoms with E-state index in [4.69, 9.17) is 4.74 Å². The molecule has 0 unspecified atom stereocenters. The molecule has 1 heterocycles. The highest BCUT2D eigenvalue weighted by Gasteiger charge is 2.56. The van der Waals surface area contributed by atoms with E-state index in [1.54, 1.807) is 43.9 Å². The maximum absolute atomic E-state index is 14.1. The largest absolute Gasteiger partial charge is 0.444 e. The number of halogens is 2. The molecule has 0 spiro atoms. The quantitative estimate of drug-likeness (QED) is 0.771. The molecule has 0 bridgehead atoms. The summed E-state index contributed by atoms with van der Waals surface area (Å²) in [5, 5.41) is 0. The van der Waals surface area contributed by atoms with Crippen LogP contribution in [0.15, 0.2) is 22.7 Å². The van der Waals surface area contributed by atoms with Crippen LogP contribution in [-0.2, 0) is 16.0 Å². The van der Waals surface area contributed by atoms with Crippen LogP contribution in [-0.4, -0.2) is 34.5 Å². The van der Waals surface area contributed by atoms with Crippen molar-refractivity contribution in [3.63, 3.8) is 0 Å². The Morgan fingerprint density at radius 1 is 1.33 bits per heavy atom. The normalized spacial score (nSPS) is 25.4. The minimum atomic E-state index is -0.603. The minimum absolute atomic E-state index is 0.0192. The second-order valence-corrected chi connectivity index (χ2v) is 8.41. The SMILES string of the molecule is CC(C)(C)OC(=O)N1[C@@H]2C[C@@H]2C[C@H]1C(=O)Cc1cccc(Br)c1F. The fourth-order valence-electron chi connectivity index (χ4n) is 3.31. The number of likely N-dealkylation sites (tertiary alicyclic amines) is 1. The molecular formula is C18H21BrFNO3. The predicted molar refractivity (Wildman–Crippen MR) is 91.2 cm³/mol. The summed E-state index contributed by atoms with van der Waals surface area (Å²) in [4.78, 5) is 26.7. The molecule has 1 saturated carbocycles. The molecule has 1 aliphatic carbocycles. The van der Waals surface area contributed by atoms with E-state index in [-0.39, 0.29) is 18.2 Å². The van der Waals surface area contributed by atoms with Gasteiger partial charge in [0, 0.05) is 12.5 Å². The molecule has 24 heavy (non-hydrogen) atoms. The van der Waals surface area contributed by atoms with Gasteiger partial charge in [-0.3, -0.25) is 9.69 Å². The van der Waals surface area contributed by atoms with Crippen molar-refractivity contribution in [1.29, 1.82) is 0 Å². The number of fused-ring (bicyclic) bond motifs is 1. The summed E-state index contributed by atoms with van der Waals surface area (Å²) in [5.41, 5.74) is -0.257. The van der Waals surface area contributed by atoms with E-state index < -0.39 is 23.6 Å². The van der Waals surface area contributed by atoms with Crippen LogP contribution in [0, 0.1) is 11.7 Å². The van der Waals surface area contributed by atoms with Gasteiger partial charge in [0.1, 0.15) is 11.4 Å². The van der Waals surface area contributed by atoms with Crippen LogP contribution >= 0.6 is 15.9 Å². The summed E-state index contributed by atoms with van der Waals surface area (Å²) in [6, 6.07) is 4.49. The van der Waals surface area contributed by atoms with E-state index in [1.165, 1.54) is 0 Å². The number of benzene rings is 1. The molecule has 1 aromatic carbocycles. The number of hydrogen-bond acceptors (Lipinski definition) is 3. The zero-order valence-corrected chi connectivity index (χ0v) is 15.6. The lowest BCUT2D eigenvalue weighted by atomic mass is 10.00. The van der Waals surface area contributed by atoms with Crippen molar-refractivity contribution in [1.82, 2.24) is 4.90 Å². The third-order valence-electron chi connectivity index (χ3n) is 4.48. The van der Waals surface area contributed by atoms with Crippen LogP contribution in [0.5, 0.6) is 0 Å². The minimum Gasteiger partial charge on any atom is -0.444 e. The van der Waals surface area contributed by atoms with Crippen LogP contribution in [0.1, 0.15) is 39.2 Å². The highest BCUT2D eigenvalue weighted by atomic mass is 79.9. The third-order valence-corrected chi connectivity index (χ3v) is 5.09. The predicted octanol–water partition coefficient (Wildman–Crippen LogP) is 4.10. The molecule has 4 nitrogen and oxygen atoms in total. The van der Waals surface area contributed by atoms with Crippen LogP contribution in [0.2, 0.25) is 0 Å². The maximum Gasteiger partial charge on any atom is 0.411 e. The van der Waals surface area contributed by atoms with Gasteiger partial charge in [0.25, 0.3) is 0 Å². The van der Waals surface area contributed by atoms with Crippen molar-refractivity contribution >= 4 is 27.8 Å². The highest BCUT2D eigenvalue weighted by Crippen LogP contribution is 2.48. The summed E-state index contributed by atoms with van der Waals surface area (Å²) in [5.74, 6) is -0.179. The number of nitrogens with zero attached hydrogens (tertiary/aromatic N) is 1. The van der Waals surface area contributed by atoms with Crippen LogP contribution in [0.3, 0.4) is 0 Å². The van der Waals surface area contributed by atoms with Crippen LogP contribution in [0.25, 0.3) is 0 Å². The maximum atomic E-state index is 14.1. The number of rotatable bonds is 3. The molecule has 1 aromatic rings. The molecule has 1 aliphatic heterocycles. The Bertz CT molecular complexity index is 685. The Morgan fingerprint density at radius 2 is 2.04 bits per heavy atom. The summed E-state index contributed by atoms with van der Waals surface area (Å²) in [7, 11) is 0. The Morgan fingerprint density at radius 3 is 2.71 bits per heavy atom. The van der Waals surface area contributed by atoms with Gasteiger partial charge in [-0.05, 0) is 67.1 Å². The smallest absolute Gasteiger partial charge is 0.411 e. The van der Waals surface area contributed by atoms with Gasteiger partial charge in [-0.15, -0.1) is 0 Å². The van der Waals surface area contributed by atoms with Crippen molar-refractivity contribution < 1.29 is 18.7 Å². The van der Waals surface area contributed by atoms with Crippen molar-refractivity contribution in [2.75, 3.05) is 0 Å². The molecular weight excluding hydrogens is 377 g/mol. The lowest BCUT2D eigenvalue weighted by Crippen LogP contribution is -2.46. The molecule has 0 aromatic heterocycles. The molecule has 0 N–H and O–H groups in total. The van der Waals surface area contributed by atoms with Crippen molar-refractivity contribution in [2.45, 2.75) is 57.7 Å². The molecule has 2 fully saturated rings. The number of hydrogen-bond donors (Lipinski definition) is 0. The molecule has 0 radical (unpaired) electrons. The second kappa shape index (κ2) is 6.14. The Balaban J connectivity index is 1.74. The lowest BCUT2D eigenvalue weighted by molar-refractivity contribution is -0.123.